The fraction of sp³-hybridized carbons (Fsp3) is 0.714. The highest BCUT2D eigenvalue weighted by molar-refractivity contribution is 6.01. The number of carbonyl (C=O) groups excluding carboxylic acids is 2. The van der Waals surface area contributed by atoms with Crippen molar-refractivity contribution in [2.75, 3.05) is 6.61 Å². The second kappa shape index (κ2) is 5.37. The van der Waals surface area contributed by atoms with E-state index in [-0.39, 0.29) is 11.2 Å². The first-order valence-corrected chi connectivity index (χ1v) is 9.57. The van der Waals surface area contributed by atoms with Crippen LogP contribution in [0.1, 0.15) is 52.4 Å². The first-order valence-electron chi connectivity index (χ1n) is 9.57. The molecule has 4 unspecified atom stereocenters. The summed E-state index contributed by atoms with van der Waals surface area (Å²) in [6.45, 7) is 3.73. The Kier molecular flexibility index (Phi) is 3.69. The highest BCUT2D eigenvalue weighted by Gasteiger charge is 2.65. The number of hydrogen-bond donors (Lipinski definition) is 2. The molecule has 0 spiro atoms. The third kappa shape index (κ3) is 2.07. The number of Topliss-reactive ketones (excluding diaryl/α,β-unsaturated/α-hetero) is 1. The van der Waals surface area contributed by atoms with Crippen LogP contribution >= 0.6 is 0 Å². The number of allylic oxidation sites excluding steroid dienone is 4. The molecule has 4 nitrogen and oxygen atoms in total. The lowest BCUT2D eigenvalue weighted by Crippen LogP contribution is -2.57. The van der Waals surface area contributed by atoms with E-state index in [4.69, 9.17) is 0 Å². The van der Waals surface area contributed by atoms with Gasteiger partial charge in [0.15, 0.2) is 11.6 Å². The zero-order valence-electron chi connectivity index (χ0n) is 15.1. The normalized spacial score (nSPS) is 48.4. The molecule has 4 rings (SSSR count). The van der Waals surface area contributed by atoms with Crippen molar-refractivity contribution in [1.82, 2.24) is 0 Å². The van der Waals surface area contributed by atoms with Gasteiger partial charge in [-0.3, -0.25) is 9.59 Å². The minimum Gasteiger partial charge on any atom is -0.388 e. The van der Waals surface area contributed by atoms with Gasteiger partial charge in [0.2, 0.25) is 0 Å². The van der Waals surface area contributed by atoms with Gasteiger partial charge in [-0.05, 0) is 68.4 Å². The van der Waals surface area contributed by atoms with Gasteiger partial charge in [0.1, 0.15) is 12.2 Å². The van der Waals surface area contributed by atoms with Gasteiger partial charge in [0, 0.05) is 10.8 Å². The number of aliphatic hydroxyl groups excluding tert-OH is 1. The van der Waals surface area contributed by atoms with Crippen molar-refractivity contribution in [1.29, 1.82) is 0 Å². The van der Waals surface area contributed by atoms with Crippen LogP contribution in [0.2, 0.25) is 0 Å². The summed E-state index contributed by atoms with van der Waals surface area (Å²) >= 11 is 0. The summed E-state index contributed by atoms with van der Waals surface area (Å²) < 4.78 is 0. The van der Waals surface area contributed by atoms with E-state index < -0.39 is 23.4 Å². The minimum atomic E-state index is -1.38. The number of rotatable bonds is 2. The van der Waals surface area contributed by atoms with Gasteiger partial charge in [0.25, 0.3) is 0 Å². The van der Waals surface area contributed by atoms with E-state index in [2.05, 4.69) is 19.9 Å². The molecule has 0 heterocycles. The van der Waals surface area contributed by atoms with Gasteiger partial charge in [-0.25, -0.2) is 0 Å². The zero-order valence-corrected chi connectivity index (χ0v) is 15.1. The van der Waals surface area contributed by atoms with E-state index in [0.29, 0.717) is 24.2 Å². The van der Waals surface area contributed by atoms with E-state index in [1.165, 1.54) is 5.57 Å². The third-order valence-electron chi connectivity index (χ3n) is 8.31. The van der Waals surface area contributed by atoms with Gasteiger partial charge >= 0.3 is 0 Å². The average Bonchev–Trinajstić information content (AvgIpc) is 2.87. The molecular formula is C21H28O4. The van der Waals surface area contributed by atoms with Crippen molar-refractivity contribution < 1.29 is 19.8 Å². The Labute approximate surface area is 149 Å². The summed E-state index contributed by atoms with van der Waals surface area (Å²) in [5, 5.41) is 20.5. The number of carbonyl (C=O) groups is 2. The Morgan fingerprint density at radius 3 is 2.64 bits per heavy atom. The van der Waals surface area contributed by atoms with E-state index in [1.54, 1.807) is 6.08 Å². The van der Waals surface area contributed by atoms with Gasteiger partial charge in [-0.15, -0.1) is 0 Å². The van der Waals surface area contributed by atoms with Gasteiger partial charge in [-0.2, -0.15) is 0 Å². The smallest absolute Gasteiger partial charge is 0.190 e. The molecule has 0 saturated heterocycles. The molecule has 0 aromatic rings. The fourth-order valence-corrected chi connectivity index (χ4v) is 6.80. The van der Waals surface area contributed by atoms with E-state index in [0.717, 1.165) is 32.1 Å². The summed E-state index contributed by atoms with van der Waals surface area (Å²) in [6.07, 6.45) is 10.6. The molecule has 4 aliphatic rings. The molecule has 0 amide bonds. The van der Waals surface area contributed by atoms with Crippen LogP contribution in [0.15, 0.2) is 23.8 Å². The lowest BCUT2D eigenvalue weighted by atomic mass is 9.47. The van der Waals surface area contributed by atoms with Crippen molar-refractivity contribution in [3.8, 4) is 0 Å². The molecule has 136 valence electrons. The Bertz CT molecular complexity index is 692. The monoisotopic (exact) mass is 344 g/mol. The molecule has 3 fully saturated rings. The van der Waals surface area contributed by atoms with Crippen LogP contribution < -0.4 is 0 Å². The maximum atomic E-state index is 12.3. The van der Waals surface area contributed by atoms with Crippen LogP contribution in [-0.4, -0.2) is 34.0 Å². The predicted molar refractivity (Wildman–Crippen MR) is 93.7 cm³/mol. The second-order valence-corrected chi connectivity index (χ2v) is 9.04. The Balaban J connectivity index is 1.69. The molecule has 4 aliphatic carbocycles. The first kappa shape index (κ1) is 17.2. The second-order valence-electron chi connectivity index (χ2n) is 9.04. The number of ketones is 2. The van der Waals surface area contributed by atoms with Crippen LogP contribution in [-0.2, 0) is 9.59 Å². The molecular weight excluding hydrogens is 316 g/mol. The van der Waals surface area contributed by atoms with Crippen LogP contribution in [0.25, 0.3) is 0 Å². The van der Waals surface area contributed by atoms with Crippen molar-refractivity contribution >= 4 is 11.6 Å². The first-order chi connectivity index (χ1) is 11.8. The number of aliphatic hydroxyl groups is 2. The maximum Gasteiger partial charge on any atom is 0.190 e. The largest absolute Gasteiger partial charge is 0.388 e. The maximum absolute atomic E-state index is 12.3. The lowest BCUT2D eigenvalue weighted by molar-refractivity contribution is -0.163. The van der Waals surface area contributed by atoms with E-state index in [1.807, 2.05) is 6.08 Å². The van der Waals surface area contributed by atoms with Crippen molar-refractivity contribution in [2.24, 2.45) is 28.6 Å². The van der Waals surface area contributed by atoms with Crippen LogP contribution in [0.3, 0.4) is 0 Å². The topological polar surface area (TPSA) is 74.6 Å². The summed E-state index contributed by atoms with van der Waals surface area (Å²) in [5.74, 6) is 0.897. The Morgan fingerprint density at radius 2 is 1.92 bits per heavy atom. The summed E-state index contributed by atoms with van der Waals surface area (Å²) in [6, 6.07) is 0. The zero-order chi connectivity index (χ0) is 18.0. The molecule has 0 aliphatic heterocycles. The SMILES string of the molecule is CC12CCC3C(CCC4=CC(=O)C=C[C@@]43C)C1CC[C@]2(O)C(=O)CO. The summed E-state index contributed by atoms with van der Waals surface area (Å²) in [4.78, 5) is 24.1. The molecule has 0 radical (unpaired) electrons. The van der Waals surface area contributed by atoms with Gasteiger partial charge in [-0.1, -0.05) is 25.5 Å². The standard InChI is InChI=1S/C21H28O4/c1-19-8-5-14(23)11-13(19)3-4-15-16(19)6-9-20(2)17(15)7-10-21(20,25)18(24)12-22/h5,8,11,15-17,22,25H,3-4,6-7,9-10,12H2,1-2H3/t15?,16?,17?,19-,20?,21-/m0/s1. The third-order valence-corrected chi connectivity index (χ3v) is 8.31. The summed E-state index contributed by atoms with van der Waals surface area (Å²) in [5.41, 5.74) is -0.642. The molecule has 0 aromatic carbocycles. The quantitative estimate of drug-likeness (QED) is 0.807. The molecule has 2 N–H and O–H groups in total. The molecule has 6 atom stereocenters. The highest BCUT2D eigenvalue weighted by Crippen LogP contribution is 2.67. The van der Waals surface area contributed by atoms with E-state index >= 15 is 0 Å². The van der Waals surface area contributed by atoms with Crippen LogP contribution in [0, 0.1) is 28.6 Å². The molecule has 0 aromatic heterocycles. The molecule has 3 saturated carbocycles. The Hall–Kier alpha value is -1.26. The Morgan fingerprint density at radius 1 is 1.20 bits per heavy atom. The van der Waals surface area contributed by atoms with Crippen molar-refractivity contribution in [2.45, 2.75) is 58.0 Å². The number of hydrogen-bond acceptors (Lipinski definition) is 4. The van der Waals surface area contributed by atoms with Crippen LogP contribution in [0.4, 0.5) is 0 Å². The predicted octanol–water partition coefficient (Wildman–Crippen LogP) is 2.59. The molecule has 0 bridgehead atoms. The number of fused-ring (bicyclic) bond motifs is 5. The highest BCUT2D eigenvalue weighted by atomic mass is 16.3. The molecule has 25 heavy (non-hydrogen) atoms. The van der Waals surface area contributed by atoms with E-state index in [9.17, 15) is 19.8 Å². The van der Waals surface area contributed by atoms with Crippen molar-refractivity contribution in [3.05, 3.63) is 23.8 Å². The minimum absolute atomic E-state index is 0.0696. The van der Waals surface area contributed by atoms with Gasteiger partial charge in [0.05, 0.1) is 0 Å². The average molecular weight is 344 g/mol. The van der Waals surface area contributed by atoms with Crippen molar-refractivity contribution in [3.63, 3.8) is 0 Å². The summed E-state index contributed by atoms with van der Waals surface area (Å²) in [7, 11) is 0. The lowest BCUT2D eigenvalue weighted by Gasteiger charge is -2.57. The van der Waals surface area contributed by atoms with Gasteiger partial charge < -0.3 is 10.2 Å². The molecule has 4 heteroatoms. The van der Waals surface area contributed by atoms with Crippen LogP contribution in [0.5, 0.6) is 0 Å². The fourth-order valence-electron chi connectivity index (χ4n) is 6.80.